The molecule has 8 heteroatoms. The van der Waals surface area contributed by atoms with Gasteiger partial charge in [0.1, 0.15) is 0 Å². The van der Waals surface area contributed by atoms with Crippen molar-refractivity contribution in [1.29, 1.82) is 0 Å². The summed E-state index contributed by atoms with van der Waals surface area (Å²) in [5.41, 5.74) is 2.26. The summed E-state index contributed by atoms with van der Waals surface area (Å²) in [4.78, 5) is 44.3. The van der Waals surface area contributed by atoms with Gasteiger partial charge >= 0.3 is 0 Å². The van der Waals surface area contributed by atoms with E-state index in [9.17, 15) is 14.4 Å². The first-order chi connectivity index (χ1) is 13.6. The quantitative estimate of drug-likeness (QED) is 0.787. The molecule has 0 radical (unpaired) electrons. The fraction of sp³-hybridized carbons (Fsp3) is 0.429. The number of Topliss-reactive ketones (excluding diaryl/α,β-unsaturated/α-hetero) is 1. The van der Waals surface area contributed by atoms with Crippen LogP contribution in [0, 0.1) is 18.3 Å². The lowest BCUT2D eigenvalue weighted by Gasteiger charge is -2.26. The minimum Gasteiger partial charge on any atom is -0.312 e. The number of thiazole rings is 1. The molecule has 0 bridgehead atoms. The fourth-order valence-corrected chi connectivity index (χ4v) is 4.96. The second-order valence-electron chi connectivity index (χ2n) is 8.56. The van der Waals surface area contributed by atoms with Crippen LogP contribution >= 0.6 is 22.9 Å². The molecule has 1 fully saturated rings. The van der Waals surface area contributed by atoms with Gasteiger partial charge in [0.2, 0.25) is 11.8 Å². The van der Waals surface area contributed by atoms with E-state index in [1.165, 1.54) is 11.3 Å². The monoisotopic (exact) mass is 431 g/mol. The summed E-state index contributed by atoms with van der Waals surface area (Å²) < 4.78 is 0. The van der Waals surface area contributed by atoms with Crippen molar-refractivity contribution in [3.63, 3.8) is 0 Å². The summed E-state index contributed by atoms with van der Waals surface area (Å²) in [6, 6.07) is 5.44. The molecule has 2 aliphatic rings. The van der Waals surface area contributed by atoms with Gasteiger partial charge in [-0.15, -0.1) is 0 Å². The van der Waals surface area contributed by atoms with Gasteiger partial charge in [-0.3, -0.25) is 14.4 Å². The Balaban J connectivity index is 1.47. The number of hydrogen-bond acceptors (Lipinski definition) is 5. The van der Waals surface area contributed by atoms with Crippen LogP contribution in [-0.2, 0) is 16.0 Å². The number of benzene rings is 1. The van der Waals surface area contributed by atoms with Gasteiger partial charge in [0, 0.05) is 30.1 Å². The molecule has 1 saturated heterocycles. The molecule has 1 aliphatic carbocycles. The van der Waals surface area contributed by atoms with Gasteiger partial charge in [0.15, 0.2) is 10.9 Å². The highest BCUT2D eigenvalue weighted by atomic mass is 35.5. The van der Waals surface area contributed by atoms with Crippen molar-refractivity contribution in [2.45, 2.75) is 40.0 Å². The van der Waals surface area contributed by atoms with E-state index in [0.29, 0.717) is 40.1 Å². The maximum atomic E-state index is 12.7. The molecule has 1 aliphatic heterocycles. The van der Waals surface area contributed by atoms with Crippen molar-refractivity contribution in [1.82, 2.24) is 4.98 Å². The van der Waals surface area contributed by atoms with Gasteiger partial charge in [0.25, 0.3) is 0 Å². The highest BCUT2D eigenvalue weighted by molar-refractivity contribution is 7.17. The third kappa shape index (κ3) is 3.94. The van der Waals surface area contributed by atoms with E-state index in [0.717, 1.165) is 11.3 Å². The zero-order valence-corrected chi connectivity index (χ0v) is 18.1. The number of carbonyl (C=O) groups excluding carboxylic acids is 3. The molecule has 29 heavy (non-hydrogen) atoms. The lowest BCUT2D eigenvalue weighted by Crippen LogP contribution is -2.28. The van der Waals surface area contributed by atoms with Crippen LogP contribution in [0.5, 0.6) is 0 Å². The van der Waals surface area contributed by atoms with E-state index in [1.54, 1.807) is 11.0 Å². The fourth-order valence-electron chi connectivity index (χ4n) is 3.86. The molecule has 1 aromatic carbocycles. The van der Waals surface area contributed by atoms with Gasteiger partial charge < -0.3 is 10.2 Å². The van der Waals surface area contributed by atoms with Gasteiger partial charge in [-0.25, -0.2) is 4.98 Å². The molecule has 1 atom stereocenters. The van der Waals surface area contributed by atoms with Crippen molar-refractivity contribution in [2.24, 2.45) is 11.3 Å². The Hall–Kier alpha value is -2.25. The van der Waals surface area contributed by atoms with E-state index in [4.69, 9.17) is 11.6 Å². The molecule has 1 aromatic heterocycles. The van der Waals surface area contributed by atoms with Crippen LogP contribution in [-0.4, -0.2) is 29.1 Å². The molecular formula is C21H22ClN3O3S. The summed E-state index contributed by atoms with van der Waals surface area (Å²) in [6.45, 7) is 6.28. The van der Waals surface area contributed by atoms with Crippen LogP contribution in [0.1, 0.15) is 47.6 Å². The zero-order chi connectivity index (χ0) is 20.9. The average Bonchev–Trinajstić information content (AvgIpc) is 3.20. The van der Waals surface area contributed by atoms with Crippen molar-refractivity contribution < 1.29 is 14.4 Å². The first-order valence-electron chi connectivity index (χ1n) is 9.53. The Morgan fingerprint density at radius 2 is 2.07 bits per heavy atom. The molecule has 152 valence electrons. The number of aromatic nitrogens is 1. The molecule has 6 nitrogen and oxygen atoms in total. The number of aryl methyl sites for hydroxylation is 1. The number of halogens is 1. The second-order valence-corrected chi connectivity index (χ2v) is 9.97. The first kappa shape index (κ1) is 20.0. The third-order valence-electron chi connectivity index (χ3n) is 5.43. The molecule has 1 unspecified atom stereocenters. The SMILES string of the molecule is Cc1ccc(N2CC(C(=O)Nc3nc4c(s3)C(=O)CC(C)(C)C4)CC2=O)cc1Cl. The van der Waals surface area contributed by atoms with Crippen molar-refractivity contribution in [2.75, 3.05) is 16.8 Å². The third-order valence-corrected chi connectivity index (χ3v) is 6.89. The van der Waals surface area contributed by atoms with E-state index in [2.05, 4.69) is 10.3 Å². The number of nitrogens with zero attached hydrogens (tertiary/aromatic N) is 2. The average molecular weight is 432 g/mol. The lowest BCUT2D eigenvalue weighted by atomic mass is 9.78. The normalized spacial score (nSPS) is 20.7. The lowest BCUT2D eigenvalue weighted by molar-refractivity contribution is -0.122. The number of anilines is 2. The molecule has 2 amide bonds. The minimum atomic E-state index is -0.476. The summed E-state index contributed by atoms with van der Waals surface area (Å²) in [5.74, 6) is -0.763. The number of amides is 2. The molecule has 0 spiro atoms. The number of nitrogens with one attached hydrogen (secondary N) is 1. The summed E-state index contributed by atoms with van der Waals surface area (Å²) in [5, 5.41) is 3.83. The summed E-state index contributed by atoms with van der Waals surface area (Å²) in [6.07, 6.45) is 1.33. The number of rotatable bonds is 3. The topological polar surface area (TPSA) is 79.4 Å². The molecular weight excluding hydrogens is 410 g/mol. The second kappa shape index (κ2) is 7.22. The smallest absolute Gasteiger partial charge is 0.231 e. The van der Waals surface area contributed by atoms with Gasteiger partial charge in [0.05, 0.1) is 16.5 Å². The van der Waals surface area contributed by atoms with Gasteiger partial charge in [-0.05, 0) is 36.5 Å². The largest absolute Gasteiger partial charge is 0.312 e. The van der Waals surface area contributed by atoms with Crippen LogP contribution < -0.4 is 10.2 Å². The van der Waals surface area contributed by atoms with Crippen molar-refractivity contribution in [3.05, 3.63) is 39.4 Å². The first-order valence-corrected chi connectivity index (χ1v) is 10.7. The number of fused-ring (bicyclic) bond motifs is 1. The van der Waals surface area contributed by atoms with Gasteiger partial charge in [-0.2, -0.15) is 0 Å². The van der Waals surface area contributed by atoms with Crippen molar-refractivity contribution in [3.8, 4) is 0 Å². The maximum absolute atomic E-state index is 12.7. The van der Waals surface area contributed by atoms with Crippen molar-refractivity contribution >= 4 is 51.4 Å². The molecule has 4 rings (SSSR count). The zero-order valence-electron chi connectivity index (χ0n) is 16.5. The molecule has 2 aromatic rings. The Kier molecular flexibility index (Phi) is 4.99. The highest BCUT2D eigenvalue weighted by Gasteiger charge is 2.37. The Morgan fingerprint density at radius 3 is 2.79 bits per heavy atom. The predicted octanol–water partition coefficient (Wildman–Crippen LogP) is 4.25. The number of hydrogen-bond donors (Lipinski definition) is 1. The minimum absolute atomic E-state index is 0.0766. The Labute approximate surface area is 178 Å². The number of carbonyl (C=O) groups is 3. The van der Waals surface area contributed by atoms with Gasteiger partial charge in [-0.1, -0.05) is 42.9 Å². The number of ketones is 1. The van der Waals surface area contributed by atoms with Crippen LogP contribution in [0.15, 0.2) is 18.2 Å². The van der Waals surface area contributed by atoms with E-state index in [-0.39, 0.29) is 29.4 Å². The molecule has 0 saturated carbocycles. The highest BCUT2D eigenvalue weighted by Crippen LogP contribution is 2.38. The van der Waals surface area contributed by atoms with Crippen LogP contribution in [0.2, 0.25) is 5.02 Å². The Morgan fingerprint density at radius 1 is 1.31 bits per heavy atom. The maximum Gasteiger partial charge on any atom is 0.231 e. The van der Waals surface area contributed by atoms with E-state index in [1.807, 2.05) is 32.9 Å². The molecule has 2 heterocycles. The van der Waals surface area contributed by atoms with Crippen LogP contribution in [0.4, 0.5) is 10.8 Å². The Bertz CT molecular complexity index is 1030. The van der Waals surface area contributed by atoms with E-state index < -0.39 is 5.92 Å². The summed E-state index contributed by atoms with van der Waals surface area (Å²) in [7, 11) is 0. The van der Waals surface area contributed by atoms with Crippen LogP contribution in [0.3, 0.4) is 0 Å². The summed E-state index contributed by atoms with van der Waals surface area (Å²) >= 11 is 7.40. The predicted molar refractivity (Wildman–Crippen MR) is 114 cm³/mol. The standard InChI is InChI=1S/C21H22ClN3O3S/c1-11-4-5-13(7-14(11)22)25-10-12(6-17(25)27)19(28)24-20-23-15-8-21(2,3)9-16(26)18(15)29-20/h4-5,7,12H,6,8-10H2,1-3H3,(H,23,24,28). The van der Waals surface area contributed by atoms with Crippen LogP contribution in [0.25, 0.3) is 0 Å². The molecule has 1 N–H and O–H groups in total. The van der Waals surface area contributed by atoms with E-state index >= 15 is 0 Å².